The summed E-state index contributed by atoms with van der Waals surface area (Å²) in [5, 5.41) is 0. The topological polar surface area (TPSA) is 40.6 Å². The summed E-state index contributed by atoms with van der Waals surface area (Å²) in [6.07, 6.45) is 3.16. The second-order valence-electron chi connectivity index (χ2n) is 10.7. The zero-order valence-corrected chi connectivity index (χ0v) is 27.5. The van der Waals surface area contributed by atoms with E-state index in [1.807, 2.05) is 26.0 Å². The summed E-state index contributed by atoms with van der Waals surface area (Å²) in [4.78, 5) is 27.7. The van der Waals surface area contributed by atoms with Gasteiger partial charge in [-0.3, -0.25) is 9.59 Å². The monoisotopic (exact) mass is 652 g/mol. The third-order valence-corrected chi connectivity index (χ3v) is 7.39. The largest absolute Gasteiger partial charge is 2.00 e. The summed E-state index contributed by atoms with van der Waals surface area (Å²) >= 11 is 11.6. The Balaban J connectivity index is 0.000000762. The minimum absolute atomic E-state index is 0. The number of anilines is 2. The fraction of sp³-hybridized carbons (Fsp3) is 0.533. The van der Waals surface area contributed by atoms with Crippen LogP contribution in [0, 0.1) is 46.2 Å². The number of carbonyl (C=O) groups excluding carboxylic acids is 2. The number of carbonyl (C=O) groups is 2. The van der Waals surface area contributed by atoms with Crippen LogP contribution >= 0.6 is 23.2 Å². The predicted octanol–water partition coefficient (Wildman–Crippen LogP) is 8.32. The quantitative estimate of drug-likeness (QED) is 0.100. The van der Waals surface area contributed by atoms with Crippen molar-refractivity contribution in [2.24, 2.45) is 10.8 Å². The van der Waals surface area contributed by atoms with E-state index in [0.29, 0.717) is 13.1 Å². The molecule has 0 unspecified atom stereocenters. The SMILES string of the molecule is CCCCN(C(=O)C(C)(C)CCl)c1ccc(F)[c-]c1F.CCCCN(C(=O)C(C)(C)CCl)c1ccc(F)[c-]c1F.[Ti+2]. The number of benzene rings is 2. The molecule has 0 bridgehead atoms. The first-order valence-corrected chi connectivity index (χ1v) is 14.2. The molecule has 41 heavy (non-hydrogen) atoms. The van der Waals surface area contributed by atoms with Crippen molar-refractivity contribution in [3.05, 3.63) is 59.7 Å². The van der Waals surface area contributed by atoms with Crippen LogP contribution in [-0.4, -0.2) is 36.7 Å². The zero-order valence-electron chi connectivity index (χ0n) is 24.4. The van der Waals surface area contributed by atoms with Crippen molar-refractivity contribution >= 4 is 46.4 Å². The molecule has 0 saturated carbocycles. The third-order valence-electron chi connectivity index (χ3n) is 6.05. The van der Waals surface area contributed by atoms with Crippen LogP contribution in [0.1, 0.15) is 67.2 Å². The van der Waals surface area contributed by atoms with E-state index in [0.717, 1.165) is 37.8 Å². The molecule has 0 heterocycles. The van der Waals surface area contributed by atoms with Crippen molar-refractivity contribution in [1.29, 1.82) is 0 Å². The molecule has 4 nitrogen and oxygen atoms in total. The van der Waals surface area contributed by atoms with Crippen molar-refractivity contribution in [3.63, 3.8) is 0 Å². The van der Waals surface area contributed by atoms with Gasteiger partial charge < -0.3 is 9.80 Å². The van der Waals surface area contributed by atoms with Crippen LogP contribution in [0.2, 0.25) is 0 Å². The second kappa shape index (κ2) is 18.1. The van der Waals surface area contributed by atoms with E-state index in [1.54, 1.807) is 27.7 Å². The third kappa shape index (κ3) is 11.5. The number of nitrogens with zero attached hydrogens (tertiary/aromatic N) is 2. The first-order valence-electron chi connectivity index (χ1n) is 13.2. The molecule has 226 valence electrons. The Hall–Kier alpha value is -1.61. The van der Waals surface area contributed by atoms with Gasteiger partial charge in [0.15, 0.2) is 0 Å². The second-order valence-corrected chi connectivity index (χ2v) is 11.2. The Morgan fingerprint density at radius 1 is 0.707 bits per heavy atom. The fourth-order valence-electron chi connectivity index (χ4n) is 3.43. The van der Waals surface area contributed by atoms with Gasteiger partial charge in [-0.25, -0.2) is 17.6 Å². The summed E-state index contributed by atoms with van der Waals surface area (Å²) in [7, 11) is 0. The van der Waals surface area contributed by atoms with Crippen LogP contribution in [-0.2, 0) is 31.3 Å². The van der Waals surface area contributed by atoms with Gasteiger partial charge in [-0.15, -0.1) is 59.6 Å². The normalized spacial score (nSPS) is 11.2. The van der Waals surface area contributed by atoms with Gasteiger partial charge in [0, 0.05) is 48.1 Å². The molecular weight excluding hydrogens is 615 g/mol. The van der Waals surface area contributed by atoms with Crippen molar-refractivity contribution in [1.82, 2.24) is 0 Å². The van der Waals surface area contributed by atoms with Gasteiger partial charge in [0.2, 0.25) is 11.8 Å². The van der Waals surface area contributed by atoms with Crippen molar-refractivity contribution in [2.75, 3.05) is 34.6 Å². The van der Waals surface area contributed by atoms with E-state index >= 15 is 0 Å². The van der Waals surface area contributed by atoms with Crippen LogP contribution in [0.25, 0.3) is 0 Å². The first-order chi connectivity index (χ1) is 18.7. The molecule has 0 aromatic heterocycles. The molecule has 0 aliphatic heterocycles. The van der Waals surface area contributed by atoms with Crippen LogP contribution < -0.4 is 9.80 Å². The maximum absolute atomic E-state index is 13.9. The number of rotatable bonds is 12. The van der Waals surface area contributed by atoms with E-state index in [9.17, 15) is 27.2 Å². The van der Waals surface area contributed by atoms with Crippen LogP contribution in [0.15, 0.2) is 24.3 Å². The molecule has 2 aromatic carbocycles. The maximum atomic E-state index is 13.9. The number of hydrogen-bond donors (Lipinski definition) is 0. The minimum Gasteiger partial charge on any atom is -0.363 e. The molecular formula is C30H38Cl2F4N2O2Ti. The molecule has 11 heteroatoms. The molecule has 0 aliphatic rings. The molecule has 0 radical (unpaired) electrons. The smallest absolute Gasteiger partial charge is 0.363 e. The number of hydrogen-bond acceptors (Lipinski definition) is 2. The van der Waals surface area contributed by atoms with E-state index in [4.69, 9.17) is 23.2 Å². The Bertz CT molecular complexity index is 1050. The molecule has 0 fully saturated rings. The van der Waals surface area contributed by atoms with E-state index < -0.39 is 34.1 Å². The van der Waals surface area contributed by atoms with E-state index in [-0.39, 0.29) is 56.7 Å². The summed E-state index contributed by atoms with van der Waals surface area (Å²) < 4.78 is 53.6. The van der Waals surface area contributed by atoms with Crippen LogP contribution in [0.5, 0.6) is 0 Å². The molecule has 0 spiro atoms. The Morgan fingerprint density at radius 3 is 1.27 bits per heavy atom. The Kier molecular flexibility index (Phi) is 17.4. The first kappa shape index (κ1) is 39.4. The van der Waals surface area contributed by atoms with Crippen LogP contribution in [0.4, 0.5) is 28.9 Å². The van der Waals surface area contributed by atoms with E-state index in [1.165, 1.54) is 21.9 Å². The standard InChI is InChI=1S/2C15H19ClF2NO.Ti/c2*1-4-5-8-19(14(20)15(2,3)10-16)13-7-6-11(17)9-12(13)18;/h2*6-7H,4-5,8,10H2,1-3H3;/q2*-1;+2. The van der Waals surface area contributed by atoms with Gasteiger partial charge >= 0.3 is 21.7 Å². The van der Waals surface area contributed by atoms with Gasteiger partial charge in [-0.05, 0) is 51.9 Å². The summed E-state index contributed by atoms with van der Waals surface area (Å²) in [5.74, 6) is -3.60. The minimum atomic E-state index is -0.861. The van der Waals surface area contributed by atoms with Gasteiger partial charge in [-0.2, -0.15) is 0 Å². The van der Waals surface area contributed by atoms with Crippen molar-refractivity contribution < 1.29 is 48.9 Å². The predicted molar refractivity (Wildman–Crippen MR) is 154 cm³/mol. The Labute approximate surface area is 266 Å². The zero-order chi connectivity index (χ0) is 30.7. The molecule has 2 amide bonds. The van der Waals surface area contributed by atoms with Crippen molar-refractivity contribution in [3.8, 4) is 0 Å². The van der Waals surface area contributed by atoms with Gasteiger partial charge in [0.25, 0.3) is 0 Å². The number of halogens is 6. The number of amides is 2. The number of unbranched alkanes of at least 4 members (excludes halogenated alkanes) is 2. The van der Waals surface area contributed by atoms with Gasteiger partial charge in [-0.1, -0.05) is 26.7 Å². The molecule has 2 aromatic rings. The fourth-order valence-corrected chi connectivity index (χ4v) is 3.66. The van der Waals surface area contributed by atoms with E-state index in [2.05, 4.69) is 0 Å². The molecule has 2 rings (SSSR count). The van der Waals surface area contributed by atoms with Gasteiger partial charge in [0.1, 0.15) is 0 Å². The molecule has 0 aliphatic carbocycles. The molecule has 0 atom stereocenters. The average Bonchev–Trinajstić information content (AvgIpc) is 2.90. The summed E-state index contributed by atoms with van der Waals surface area (Å²) in [6, 6.07) is 8.64. The molecule has 0 saturated heterocycles. The number of alkyl halides is 2. The van der Waals surface area contributed by atoms with Gasteiger partial charge in [0.05, 0.1) is 10.8 Å². The summed E-state index contributed by atoms with van der Waals surface area (Å²) in [6.45, 7) is 11.5. The van der Waals surface area contributed by atoms with Crippen LogP contribution in [0.3, 0.4) is 0 Å². The average molecular weight is 653 g/mol. The molecule has 0 N–H and O–H groups in total. The van der Waals surface area contributed by atoms with Crippen molar-refractivity contribution in [2.45, 2.75) is 67.2 Å². The maximum Gasteiger partial charge on any atom is 2.00 e. The summed E-state index contributed by atoms with van der Waals surface area (Å²) in [5.41, 5.74) is -1.53. The Morgan fingerprint density at radius 2 is 1.02 bits per heavy atom.